The van der Waals surface area contributed by atoms with E-state index >= 15 is 0 Å². The maximum atomic E-state index is 2.63. The molecule has 1 aliphatic carbocycles. The van der Waals surface area contributed by atoms with Gasteiger partial charge in [0.05, 0.1) is 0 Å². The second-order valence-corrected chi connectivity index (χ2v) is 25.9. The number of hydrogen-bond acceptors (Lipinski definition) is 3. The van der Waals surface area contributed by atoms with Crippen molar-refractivity contribution >= 4 is 74.3 Å². The molecule has 2 heterocycles. The maximum absolute atomic E-state index is 2.63. The molecule has 0 N–H and O–H groups in total. The molecule has 0 saturated carbocycles. The molecule has 13 rings (SSSR count). The van der Waals surface area contributed by atoms with Gasteiger partial charge >= 0.3 is 0 Å². The van der Waals surface area contributed by atoms with Crippen LogP contribution in [0, 0.1) is 0 Å². The normalized spacial score (nSPS) is 14.0. The van der Waals surface area contributed by atoms with Gasteiger partial charge in [-0.15, -0.1) is 0 Å². The van der Waals surface area contributed by atoms with Gasteiger partial charge < -0.3 is 14.7 Å². The SMILES string of the molecule is CC(C)(C)c1ccc(N2c3ccc(C(C)(C)C)cc3B3c4ccc(N(c5ccc(-c6ccccc6)cc5)c5ccc(-c6ccccc6)cc5)cc4N(c4ccc5c(c4)-c4ccccc4C5(C)C)c4cc(C(C)(C)C)cc2c43)cc1. The Labute approximate surface area is 470 Å². The molecule has 4 heteroatoms. The summed E-state index contributed by atoms with van der Waals surface area (Å²) in [5.41, 5.74) is 28.2. The molecule has 0 bridgehead atoms. The molecule has 2 aliphatic heterocycles. The zero-order valence-electron chi connectivity index (χ0n) is 47.8. The van der Waals surface area contributed by atoms with Gasteiger partial charge in [-0.2, -0.15) is 0 Å². The smallest absolute Gasteiger partial charge is 0.252 e. The molecule has 79 heavy (non-hydrogen) atoms. The number of hydrogen-bond donors (Lipinski definition) is 0. The molecule has 0 aromatic heterocycles. The molecule has 0 radical (unpaired) electrons. The molecule has 3 aliphatic rings. The minimum atomic E-state index is -0.164. The average Bonchev–Trinajstić information content (AvgIpc) is 3.50. The van der Waals surface area contributed by atoms with E-state index in [1.807, 2.05) is 0 Å². The maximum Gasteiger partial charge on any atom is 0.252 e. The van der Waals surface area contributed by atoms with Crippen molar-refractivity contribution in [2.45, 2.75) is 97.8 Å². The van der Waals surface area contributed by atoms with Crippen LogP contribution >= 0.6 is 0 Å². The molecule has 0 saturated heterocycles. The lowest BCUT2D eigenvalue weighted by atomic mass is 9.33. The van der Waals surface area contributed by atoms with Crippen molar-refractivity contribution in [2.75, 3.05) is 14.7 Å². The third-order valence-electron chi connectivity index (χ3n) is 17.3. The van der Waals surface area contributed by atoms with Crippen LogP contribution in [0.1, 0.15) is 104 Å². The summed E-state index contributed by atoms with van der Waals surface area (Å²) in [6.07, 6.45) is 0. The van der Waals surface area contributed by atoms with Crippen molar-refractivity contribution in [1.82, 2.24) is 0 Å². The number of anilines is 9. The Bertz CT molecular complexity index is 3880. The predicted molar refractivity (Wildman–Crippen MR) is 340 cm³/mol. The largest absolute Gasteiger partial charge is 0.311 e. The van der Waals surface area contributed by atoms with E-state index in [9.17, 15) is 0 Å². The quantitative estimate of drug-likeness (QED) is 0.147. The minimum Gasteiger partial charge on any atom is -0.311 e. The van der Waals surface area contributed by atoms with Gasteiger partial charge in [0.15, 0.2) is 0 Å². The van der Waals surface area contributed by atoms with E-state index in [0.29, 0.717) is 0 Å². The fourth-order valence-electron chi connectivity index (χ4n) is 12.9. The summed E-state index contributed by atoms with van der Waals surface area (Å²) in [4.78, 5) is 7.66. The van der Waals surface area contributed by atoms with E-state index in [4.69, 9.17) is 0 Å². The van der Waals surface area contributed by atoms with Crippen LogP contribution < -0.4 is 31.1 Å². The zero-order valence-corrected chi connectivity index (χ0v) is 47.8. The van der Waals surface area contributed by atoms with E-state index in [1.54, 1.807) is 0 Å². The Hall–Kier alpha value is -8.34. The van der Waals surface area contributed by atoms with Crippen LogP contribution in [-0.2, 0) is 21.7 Å². The number of rotatable bonds is 7. The monoisotopic (exact) mass is 1020 g/mol. The molecule has 388 valence electrons. The Morgan fingerprint density at radius 2 is 0.823 bits per heavy atom. The van der Waals surface area contributed by atoms with Crippen molar-refractivity contribution < 1.29 is 0 Å². The highest BCUT2D eigenvalue weighted by Crippen LogP contribution is 2.53. The summed E-state index contributed by atoms with van der Waals surface area (Å²) in [7, 11) is 0. The Morgan fingerprint density at radius 3 is 1.39 bits per heavy atom. The molecule has 3 nitrogen and oxygen atoms in total. The summed E-state index contributed by atoms with van der Waals surface area (Å²) in [6.45, 7) is 25.8. The Morgan fingerprint density at radius 1 is 0.342 bits per heavy atom. The van der Waals surface area contributed by atoms with Crippen LogP contribution in [0.3, 0.4) is 0 Å². The lowest BCUT2D eigenvalue weighted by Gasteiger charge is -2.45. The molecule has 10 aromatic carbocycles. The van der Waals surface area contributed by atoms with Gasteiger partial charge in [-0.1, -0.05) is 222 Å². The van der Waals surface area contributed by atoms with Crippen LogP contribution in [0.2, 0.25) is 0 Å². The first-order chi connectivity index (χ1) is 37.8. The summed E-state index contributed by atoms with van der Waals surface area (Å²) in [5.74, 6) is 0. The summed E-state index contributed by atoms with van der Waals surface area (Å²) in [6, 6.07) is 85.1. The van der Waals surface area contributed by atoms with Gasteiger partial charge in [-0.3, -0.25) is 0 Å². The first-order valence-corrected chi connectivity index (χ1v) is 28.4. The van der Waals surface area contributed by atoms with Gasteiger partial charge in [0.25, 0.3) is 6.71 Å². The molecular weight excluding hydrogens is 954 g/mol. The van der Waals surface area contributed by atoms with E-state index in [0.717, 1.165) is 22.7 Å². The van der Waals surface area contributed by atoms with Crippen LogP contribution in [-0.4, -0.2) is 6.71 Å². The fraction of sp³-hybridized carbons (Fsp3) is 0.200. The van der Waals surface area contributed by atoms with Gasteiger partial charge in [0.2, 0.25) is 0 Å². The highest BCUT2D eigenvalue weighted by atomic mass is 15.2. The summed E-state index contributed by atoms with van der Waals surface area (Å²) < 4.78 is 0. The van der Waals surface area contributed by atoms with Crippen LogP contribution in [0.15, 0.2) is 224 Å². The predicted octanol–water partition coefficient (Wildman–Crippen LogP) is 18.8. The fourth-order valence-corrected chi connectivity index (χ4v) is 12.9. The van der Waals surface area contributed by atoms with E-state index in [2.05, 4.69) is 315 Å². The number of nitrogens with zero attached hydrogens (tertiary/aromatic N) is 3. The molecular formula is C75H70BN3. The number of fused-ring (bicyclic) bond motifs is 7. The average molecular weight is 1020 g/mol. The highest BCUT2D eigenvalue weighted by molar-refractivity contribution is 7.00. The van der Waals surface area contributed by atoms with E-state index < -0.39 is 0 Å². The second-order valence-electron chi connectivity index (χ2n) is 25.9. The standard InChI is InChI=1S/C75H70BN3/c1-72(2,3)53-30-37-58(38-31-53)78-67-43-32-54(73(4,5)6)44-66(67)76-65-42-40-60(77(56-33-26-51(27-34-56)49-20-14-12-15-21-49)57-35-28-52(29-36-57)50-22-16-13-17-23-50)48-68(65)79(70-46-55(74(7,8)9)45-69(78)71(70)76)59-39-41-64-62(47-59)61-24-18-19-25-63(61)75(64,10)11/h12-48H,1-11H3. The molecule has 0 fully saturated rings. The molecule has 0 unspecified atom stereocenters. The first kappa shape index (κ1) is 50.2. The van der Waals surface area contributed by atoms with Crippen LogP contribution in [0.5, 0.6) is 0 Å². The molecule has 0 atom stereocenters. The van der Waals surface area contributed by atoms with Gasteiger partial charge in [0, 0.05) is 56.6 Å². The minimum absolute atomic E-state index is 0.0256. The molecule has 0 amide bonds. The van der Waals surface area contributed by atoms with Crippen molar-refractivity contribution in [3.8, 4) is 33.4 Å². The van der Waals surface area contributed by atoms with Crippen molar-refractivity contribution in [3.63, 3.8) is 0 Å². The van der Waals surface area contributed by atoms with Crippen molar-refractivity contribution in [2.24, 2.45) is 0 Å². The topological polar surface area (TPSA) is 9.72 Å². The van der Waals surface area contributed by atoms with Crippen LogP contribution in [0.25, 0.3) is 33.4 Å². The molecule has 0 spiro atoms. The second kappa shape index (κ2) is 18.4. The van der Waals surface area contributed by atoms with Crippen molar-refractivity contribution in [3.05, 3.63) is 252 Å². The summed E-state index contributed by atoms with van der Waals surface area (Å²) in [5, 5.41) is 0. The van der Waals surface area contributed by atoms with Crippen LogP contribution in [0.4, 0.5) is 51.2 Å². The Kier molecular flexibility index (Phi) is 11.7. The zero-order chi connectivity index (χ0) is 54.8. The van der Waals surface area contributed by atoms with E-state index in [-0.39, 0.29) is 28.4 Å². The summed E-state index contributed by atoms with van der Waals surface area (Å²) >= 11 is 0. The third kappa shape index (κ3) is 8.50. The van der Waals surface area contributed by atoms with Gasteiger partial charge in [0.1, 0.15) is 0 Å². The number of benzene rings is 10. The highest BCUT2D eigenvalue weighted by Gasteiger charge is 2.45. The Balaban J connectivity index is 1.09. The van der Waals surface area contributed by atoms with Gasteiger partial charge in [-0.25, -0.2) is 0 Å². The lowest BCUT2D eigenvalue weighted by molar-refractivity contribution is 0.589. The van der Waals surface area contributed by atoms with E-state index in [1.165, 1.54) is 106 Å². The third-order valence-corrected chi connectivity index (χ3v) is 17.3. The lowest BCUT2D eigenvalue weighted by Crippen LogP contribution is -2.61. The van der Waals surface area contributed by atoms with Gasteiger partial charge in [-0.05, 0) is 173 Å². The molecule has 10 aromatic rings. The van der Waals surface area contributed by atoms with Crippen molar-refractivity contribution in [1.29, 1.82) is 0 Å². The first-order valence-electron chi connectivity index (χ1n) is 28.4.